The van der Waals surface area contributed by atoms with Gasteiger partial charge in [0.25, 0.3) is 0 Å². The fraction of sp³-hybridized carbons (Fsp3) is 0.500. The van der Waals surface area contributed by atoms with Crippen LogP contribution in [0.5, 0.6) is 0 Å². The quantitative estimate of drug-likeness (QED) is 0.793. The van der Waals surface area contributed by atoms with E-state index in [4.69, 9.17) is 4.98 Å². The van der Waals surface area contributed by atoms with Gasteiger partial charge in [-0.3, -0.25) is 4.98 Å². The Hall–Kier alpha value is -1.48. The van der Waals surface area contributed by atoms with Crippen molar-refractivity contribution < 1.29 is 0 Å². The van der Waals surface area contributed by atoms with Gasteiger partial charge in [0.05, 0.1) is 16.7 Å². The van der Waals surface area contributed by atoms with Crippen molar-refractivity contribution in [1.82, 2.24) is 14.9 Å². The lowest BCUT2D eigenvalue weighted by Gasteiger charge is -2.16. The second-order valence-electron chi connectivity index (χ2n) is 5.33. The first kappa shape index (κ1) is 13.9. The number of hydrogen-bond donors (Lipinski definition) is 0. The number of nitrogens with zero attached hydrogens (tertiary/aromatic N) is 3. The van der Waals surface area contributed by atoms with E-state index in [1.807, 2.05) is 30.5 Å². The predicted molar refractivity (Wildman–Crippen MR) is 80.4 cm³/mol. The molecule has 1 aromatic heterocycles. The van der Waals surface area contributed by atoms with Gasteiger partial charge < -0.3 is 4.90 Å². The van der Waals surface area contributed by atoms with Crippen LogP contribution in [0.1, 0.15) is 37.8 Å². The molecular weight excluding hydrogens is 234 g/mol. The molecule has 1 unspecified atom stereocenters. The number of fused-ring (bicyclic) bond motifs is 1. The molecule has 0 bridgehead atoms. The molecule has 1 aromatic carbocycles. The van der Waals surface area contributed by atoms with Gasteiger partial charge in [0, 0.05) is 12.1 Å². The maximum absolute atomic E-state index is 4.77. The molecule has 0 aliphatic carbocycles. The number of benzene rings is 1. The van der Waals surface area contributed by atoms with Gasteiger partial charge in [-0.25, -0.2) is 4.98 Å². The van der Waals surface area contributed by atoms with Crippen LogP contribution in [-0.4, -0.2) is 35.5 Å². The van der Waals surface area contributed by atoms with Gasteiger partial charge in [-0.15, -0.1) is 0 Å². The maximum Gasteiger partial charge on any atom is 0.0890 e. The maximum atomic E-state index is 4.77. The molecular formula is C16H23N3. The van der Waals surface area contributed by atoms with Crippen molar-refractivity contribution in [2.24, 2.45) is 0 Å². The fourth-order valence-electron chi connectivity index (χ4n) is 2.38. The smallest absolute Gasteiger partial charge is 0.0890 e. The van der Waals surface area contributed by atoms with Crippen molar-refractivity contribution in [3.05, 3.63) is 36.2 Å². The van der Waals surface area contributed by atoms with Crippen LogP contribution in [0.4, 0.5) is 0 Å². The Morgan fingerprint density at radius 1 is 1.16 bits per heavy atom. The predicted octanol–water partition coefficient (Wildman–Crippen LogP) is 3.47. The minimum Gasteiger partial charge on any atom is -0.309 e. The van der Waals surface area contributed by atoms with Gasteiger partial charge in [-0.05, 0) is 52.0 Å². The van der Waals surface area contributed by atoms with E-state index in [0.717, 1.165) is 29.7 Å². The lowest BCUT2D eigenvalue weighted by atomic mass is 9.96. The molecule has 102 valence electrons. The summed E-state index contributed by atoms with van der Waals surface area (Å²) in [5, 5.41) is 0. The van der Waals surface area contributed by atoms with Gasteiger partial charge in [-0.2, -0.15) is 0 Å². The van der Waals surface area contributed by atoms with Gasteiger partial charge in [0.15, 0.2) is 0 Å². The first-order valence-electron chi connectivity index (χ1n) is 7.07. The van der Waals surface area contributed by atoms with E-state index < -0.39 is 0 Å². The minimum absolute atomic E-state index is 0.525. The summed E-state index contributed by atoms with van der Waals surface area (Å²) in [7, 11) is 4.24. The molecule has 0 fully saturated rings. The SMILES string of the molecule is CCC(CCCN(C)C)c1cnc2ccccc2n1. The third kappa shape index (κ3) is 3.74. The zero-order valence-electron chi connectivity index (χ0n) is 12.1. The van der Waals surface area contributed by atoms with Gasteiger partial charge in [-0.1, -0.05) is 19.1 Å². The molecule has 1 heterocycles. The van der Waals surface area contributed by atoms with E-state index in [-0.39, 0.29) is 0 Å². The summed E-state index contributed by atoms with van der Waals surface area (Å²) in [6.45, 7) is 3.37. The molecule has 0 aliphatic heterocycles. The van der Waals surface area contributed by atoms with E-state index in [1.54, 1.807) is 0 Å². The van der Waals surface area contributed by atoms with Crippen molar-refractivity contribution >= 4 is 11.0 Å². The number of para-hydroxylation sites is 2. The Kier molecular flexibility index (Phi) is 4.86. The van der Waals surface area contributed by atoms with Crippen molar-refractivity contribution in [2.45, 2.75) is 32.1 Å². The second-order valence-corrected chi connectivity index (χ2v) is 5.33. The Morgan fingerprint density at radius 3 is 2.58 bits per heavy atom. The van der Waals surface area contributed by atoms with E-state index in [9.17, 15) is 0 Å². The summed E-state index contributed by atoms with van der Waals surface area (Å²) >= 11 is 0. The Bertz CT molecular complexity index is 522. The van der Waals surface area contributed by atoms with Crippen molar-refractivity contribution in [1.29, 1.82) is 0 Å². The van der Waals surface area contributed by atoms with Crippen molar-refractivity contribution in [3.63, 3.8) is 0 Å². The molecule has 0 saturated carbocycles. The lowest BCUT2D eigenvalue weighted by molar-refractivity contribution is 0.382. The topological polar surface area (TPSA) is 29.0 Å². The molecule has 2 rings (SSSR count). The number of rotatable bonds is 6. The molecule has 3 heteroatoms. The average Bonchev–Trinajstić information content (AvgIpc) is 2.43. The molecule has 0 spiro atoms. The summed E-state index contributed by atoms with van der Waals surface area (Å²) < 4.78 is 0. The highest BCUT2D eigenvalue weighted by Gasteiger charge is 2.12. The summed E-state index contributed by atoms with van der Waals surface area (Å²) in [6, 6.07) is 8.08. The third-order valence-electron chi connectivity index (χ3n) is 3.54. The van der Waals surface area contributed by atoms with E-state index in [1.165, 1.54) is 12.8 Å². The fourth-order valence-corrected chi connectivity index (χ4v) is 2.38. The summed E-state index contributed by atoms with van der Waals surface area (Å²) in [5.74, 6) is 0.525. The lowest BCUT2D eigenvalue weighted by Crippen LogP contribution is -2.14. The average molecular weight is 257 g/mol. The zero-order chi connectivity index (χ0) is 13.7. The number of aromatic nitrogens is 2. The second kappa shape index (κ2) is 6.62. The molecule has 0 aliphatic rings. The highest BCUT2D eigenvalue weighted by atomic mass is 15.0. The van der Waals surface area contributed by atoms with E-state index in [0.29, 0.717) is 5.92 Å². The highest BCUT2D eigenvalue weighted by Crippen LogP contribution is 2.24. The van der Waals surface area contributed by atoms with Crippen molar-refractivity contribution in [3.8, 4) is 0 Å². The largest absolute Gasteiger partial charge is 0.309 e. The molecule has 19 heavy (non-hydrogen) atoms. The van der Waals surface area contributed by atoms with Crippen LogP contribution in [0.3, 0.4) is 0 Å². The van der Waals surface area contributed by atoms with Crippen molar-refractivity contribution in [2.75, 3.05) is 20.6 Å². The molecule has 2 aromatic rings. The molecule has 0 radical (unpaired) electrons. The molecule has 0 saturated heterocycles. The van der Waals surface area contributed by atoms with Crippen LogP contribution >= 0.6 is 0 Å². The number of hydrogen-bond acceptors (Lipinski definition) is 3. The minimum atomic E-state index is 0.525. The van der Waals surface area contributed by atoms with Crippen LogP contribution in [0, 0.1) is 0 Å². The summed E-state index contributed by atoms with van der Waals surface area (Å²) in [5.41, 5.74) is 3.13. The van der Waals surface area contributed by atoms with Gasteiger partial charge in [0.2, 0.25) is 0 Å². The van der Waals surface area contributed by atoms with Crippen LogP contribution in [0.2, 0.25) is 0 Å². The standard InChI is InChI=1S/C16H23N3/c1-4-13(8-7-11-19(2)3)16-12-17-14-9-5-6-10-15(14)18-16/h5-6,9-10,12-13H,4,7-8,11H2,1-3H3. The van der Waals surface area contributed by atoms with E-state index >= 15 is 0 Å². The van der Waals surface area contributed by atoms with Crippen LogP contribution < -0.4 is 0 Å². The third-order valence-corrected chi connectivity index (χ3v) is 3.54. The first-order chi connectivity index (χ1) is 9.20. The molecule has 0 amide bonds. The van der Waals surface area contributed by atoms with Crippen LogP contribution in [0.25, 0.3) is 11.0 Å². The molecule has 0 N–H and O–H groups in total. The Morgan fingerprint density at radius 2 is 1.89 bits per heavy atom. The normalized spacial score (nSPS) is 13.1. The summed E-state index contributed by atoms with van der Waals surface area (Å²) in [4.78, 5) is 11.5. The van der Waals surface area contributed by atoms with Crippen LogP contribution in [-0.2, 0) is 0 Å². The molecule has 3 nitrogen and oxygen atoms in total. The molecule has 1 atom stereocenters. The monoisotopic (exact) mass is 257 g/mol. The highest BCUT2D eigenvalue weighted by molar-refractivity contribution is 5.73. The first-order valence-corrected chi connectivity index (χ1v) is 7.07. The summed E-state index contributed by atoms with van der Waals surface area (Å²) in [6.07, 6.45) is 5.47. The van der Waals surface area contributed by atoms with E-state index in [2.05, 4.69) is 30.9 Å². The zero-order valence-corrected chi connectivity index (χ0v) is 12.1. The van der Waals surface area contributed by atoms with Crippen LogP contribution in [0.15, 0.2) is 30.5 Å². The Labute approximate surface area is 115 Å². The van der Waals surface area contributed by atoms with Gasteiger partial charge >= 0.3 is 0 Å². The van der Waals surface area contributed by atoms with Gasteiger partial charge in [0.1, 0.15) is 0 Å². The Balaban J connectivity index is 2.11.